The molecule has 4 rings (SSSR count). The molecule has 2 N–H and O–H groups in total. The van der Waals surface area contributed by atoms with Gasteiger partial charge >= 0.3 is 0 Å². The topological polar surface area (TPSA) is 87.4 Å². The van der Waals surface area contributed by atoms with Crippen LogP contribution in [0, 0.1) is 0 Å². The fraction of sp³-hybridized carbons (Fsp3) is 0.238. The van der Waals surface area contributed by atoms with E-state index in [1.165, 1.54) is 11.1 Å². The Morgan fingerprint density at radius 2 is 1.11 bits per heavy atom. The first-order valence-electron chi connectivity index (χ1n) is 9.36. The summed E-state index contributed by atoms with van der Waals surface area (Å²) in [7, 11) is 0. The zero-order valence-electron chi connectivity index (χ0n) is 15.6. The highest BCUT2D eigenvalue weighted by atomic mass is 15.4. The molecule has 0 bridgehead atoms. The van der Waals surface area contributed by atoms with Gasteiger partial charge in [-0.25, -0.2) is 9.36 Å². The normalized spacial score (nSPS) is 11.2. The largest absolute Gasteiger partial charge is 0.327 e. The molecule has 2 aromatic carbocycles. The van der Waals surface area contributed by atoms with Gasteiger partial charge in [0, 0.05) is 31.3 Å². The van der Waals surface area contributed by atoms with Gasteiger partial charge in [0.05, 0.1) is 24.5 Å². The molecule has 2 heterocycles. The summed E-state index contributed by atoms with van der Waals surface area (Å²) in [5.74, 6) is 0. The Labute approximate surface area is 163 Å². The molecule has 2 aromatic heterocycles. The van der Waals surface area contributed by atoms with Gasteiger partial charge in [-0.05, 0) is 11.1 Å². The smallest absolute Gasteiger partial charge is 0.0842 e. The lowest BCUT2D eigenvalue weighted by atomic mass is 10.1. The average Bonchev–Trinajstić information content (AvgIpc) is 3.33. The van der Waals surface area contributed by atoms with Crippen molar-refractivity contribution in [3.8, 4) is 0 Å². The van der Waals surface area contributed by atoms with Crippen molar-refractivity contribution >= 4 is 0 Å². The van der Waals surface area contributed by atoms with E-state index in [0.29, 0.717) is 25.9 Å². The molecule has 0 spiro atoms. The third-order valence-electron chi connectivity index (χ3n) is 4.49. The molecule has 0 atom stereocenters. The zero-order chi connectivity index (χ0) is 19.2. The lowest BCUT2D eigenvalue weighted by Gasteiger charge is -2.06. The number of nitrogens with zero attached hydrogens (tertiary/aromatic N) is 6. The molecule has 28 heavy (non-hydrogen) atoms. The Kier molecular flexibility index (Phi) is 5.53. The van der Waals surface area contributed by atoms with Crippen molar-refractivity contribution in [2.45, 2.75) is 32.0 Å². The van der Waals surface area contributed by atoms with Gasteiger partial charge in [0.1, 0.15) is 0 Å². The number of aromatic nitrogens is 6. The first kappa shape index (κ1) is 18.1. The SMILES string of the molecule is NC(Cc1cn(Cc2ccccc2)nn1)Cc1cn(Cc2ccccc2)nn1. The van der Waals surface area contributed by atoms with Crippen LogP contribution in [0.4, 0.5) is 0 Å². The van der Waals surface area contributed by atoms with Gasteiger partial charge in [-0.2, -0.15) is 0 Å². The van der Waals surface area contributed by atoms with Crippen LogP contribution < -0.4 is 5.73 Å². The highest BCUT2D eigenvalue weighted by Gasteiger charge is 2.11. The molecule has 0 aliphatic carbocycles. The van der Waals surface area contributed by atoms with Gasteiger partial charge in [0.25, 0.3) is 0 Å². The summed E-state index contributed by atoms with van der Waals surface area (Å²) in [5.41, 5.74) is 10.5. The molecule has 7 nitrogen and oxygen atoms in total. The quantitative estimate of drug-likeness (QED) is 0.511. The second-order valence-electron chi connectivity index (χ2n) is 6.95. The molecule has 0 aliphatic rings. The minimum Gasteiger partial charge on any atom is -0.327 e. The van der Waals surface area contributed by atoms with Gasteiger partial charge in [-0.3, -0.25) is 0 Å². The second-order valence-corrected chi connectivity index (χ2v) is 6.95. The molecular formula is C21H23N7. The number of benzene rings is 2. The van der Waals surface area contributed by atoms with E-state index in [4.69, 9.17) is 5.73 Å². The van der Waals surface area contributed by atoms with Gasteiger partial charge in [0.2, 0.25) is 0 Å². The van der Waals surface area contributed by atoms with Crippen LogP contribution in [0.25, 0.3) is 0 Å². The predicted molar refractivity (Wildman–Crippen MR) is 107 cm³/mol. The van der Waals surface area contributed by atoms with Crippen LogP contribution >= 0.6 is 0 Å². The number of hydrogen-bond donors (Lipinski definition) is 1. The minimum atomic E-state index is -0.0799. The summed E-state index contributed by atoms with van der Waals surface area (Å²) in [4.78, 5) is 0. The molecule has 0 radical (unpaired) electrons. The minimum absolute atomic E-state index is 0.0799. The highest BCUT2D eigenvalue weighted by molar-refractivity contribution is 5.16. The van der Waals surface area contributed by atoms with Crippen molar-refractivity contribution in [3.05, 3.63) is 95.6 Å². The van der Waals surface area contributed by atoms with Crippen LogP contribution in [0.1, 0.15) is 22.5 Å². The van der Waals surface area contributed by atoms with E-state index >= 15 is 0 Å². The molecule has 7 heteroatoms. The zero-order valence-corrected chi connectivity index (χ0v) is 15.6. The molecule has 142 valence electrons. The summed E-state index contributed by atoms with van der Waals surface area (Å²) in [6.07, 6.45) is 5.22. The van der Waals surface area contributed by atoms with E-state index in [0.717, 1.165) is 11.4 Å². The van der Waals surface area contributed by atoms with Gasteiger partial charge in [-0.15, -0.1) is 10.2 Å². The lowest BCUT2D eigenvalue weighted by Crippen LogP contribution is -2.25. The third kappa shape index (κ3) is 4.89. The van der Waals surface area contributed by atoms with Crippen molar-refractivity contribution in [1.29, 1.82) is 0 Å². The predicted octanol–water partition coefficient (Wildman–Crippen LogP) is 2.08. The van der Waals surface area contributed by atoms with Gasteiger partial charge < -0.3 is 5.73 Å². The second kappa shape index (κ2) is 8.58. The number of rotatable bonds is 8. The van der Waals surface area contributed by atoms with Crippen LogP contribution in [0.5, 0.6) is 0 Å². The summed E-state index contributed by atoms with van der Waals surface area (Å²) < 4.78 is 3.68. The maximum Gasteiger partial charge on any atom is 0.0842 e. The van der Waals surface area contributed by atoms with E-state index in [-0.39, 0.29) is 6.04 Å². The first-order valence-corrected chi connectivity index (χ1v) is 9.36. The van der Waals surface area contributed by atoms with Crippen LogP contribution in [-0.2, 0) is 25.9 Å². The molecule has 0 fully saturated rings. The Balaban J connectivity index is 1.30. The van der Waals surface area contributed by atoms with Crippen LogP contribution in [0.2, 0.25) is 0 Å². The summed E-state index contributed by atoms with van der Waals surface area (Å²) in [5, 5.41) is 16.9. The van der Waals surface area contributed by atoms with Crippen molar-refractivity contribution in [2.75, 3.05) is 0 Å². The fourth-order valence-electron chi connectivity index (χ4n) is 3.17. The van der Waals surface area contributed by atoms with Crippen LogP contribution in [0.15, 0.2) is 73.1 Å². The molecule has 0 amide bonds. The molecule has 4 aromatic rings. The Morgan fingerprint density at radius 1 is 0.679 bits per heavy atom. The lowest BCUT2D eigenvalue weighted by molar-refractivity contribution is 0.634. The van der Waals surface area contributed by atoms with Crippen molar-refractivity contribution in [3.63, 3.8) is 0 Å². The molecule has 0 saturated heterocycles. The summed E-state index contributed by atoms with van der Waals surface area (Å²) in [6, 6.07) is 20.3. The fourth-order valence-corrected chi connectivity index (χ4v) is 3.17. The van der Waals surface area contributed by atoms with E-state index in [1.807, 2.05) is 58.2 Å². The van der Waals surface area contributed by atoms with Crippen LogP contribution in [-0.4, -0.2) is 36.0 Å². The number of nitrogens with two attached hydrogens (primary N) is 1. The van der Waals surface area contributed by atoms with E-state index in [2.05, 4.69) is 44.9 Å². The Hall–Kier alpha value is -3.32. The average molecular weight is 373 g/mol. The van der Waals surface area contributed by atoms with Crippen molar-refractivity contribution in [1.82, 2.24) is 30.0 Å². The molecule has 0 unspecified atom stereocenters. The maximum atomic E-state index is 6.31. The summed E-state index contributed by atoms with van der Waals surface area (Å²) >= 11 is 0. The Bertz CT molecular complexity index is 910. The standard InChI is InChI=1S/C21H23N7/c22-19(11-20-15-27(25-23-20)13-17-7-3-1-4-8-17)12-21-16-28(26-24-21)14-18-9-5-2-6-10-18/h1-10,15-16,19H,11-14,22H2. The molecule has 0 saturated carbocycles. The van der Waals surface area contributed by atoms with Gasteiger partial charge in [0.15, 0.2) is 0 Å². The maximum absolute atomic E-state index is 6.31. The van der Waals surface area contributed by atoms with Crippen molar-refractivity contribution < 1.29 is 0 Å². The monoisotopic (exact) mass is 373 g/mol. The van der Waals surface area contributed by atoms with E-state index in [9.17, 15) is 0 Å². The third-order valence-corrected chi connectivity index (χ3v) is 4.49. The molecular weight excluding hydrogens is 350 g/mol. The van der Waals surface area contributed by atoms with Crippen LogP contribution in [0.3, 0.4) is 0 Å². The van der Waals surface area contributed by atoms with Gasteiger partial charge in [-0.1, -0.05) is 71.1 Å². The molecule has 0 aliphatic heterocycles. The van der Waals surface area contributed by atoms with Crippen molar-refractivity contribution in [2.24, 2.45) is 5.73 Å². The van der Waals surface area contributed by atoms with E-state index in [1.54, 1.807) is 0 Å². The first-order chi connectivity index (χ1) is 13.7. The highest BCUT2D eigenvalue weighted by Crippen LogP contribution is 2.07. The number of hydrogen-bond acceptors (Lipinski definition) is 5. The Morgan fingerprint density at radius 3 is 1.54 bits per heavy atom. The van der Waals surface area contributed by atoms with E-state index < -0.39 is 0 Å². The summed E-state index contributed by atoms with van der Waals surface area (Å²) in [6.45, 7) is 1.41.